The highest BCUT2D eigenvalue weighted by atomic mass is 32.2. The molecule has 18 heavy (non-hydrogen) atoms. The molecule has 1 aliphatic heterocycles. The lowest BCUT2D eigenvalue weighted by Crippen LogP contribution is -2.37. The van der Waals surface area contributed by atoms with E-state index < -0.39 is 0 Å². The van der Waals surface area contributed by atoms with Gasteiger partial charge in [0.1, 0.15) is 5.75 Å². The van der Waals surface area contributed by atoms with Crippen LogP contribution in [0.15, 0.2) is 24.3 Å². The number of thioether (sulfide) groups is 1. The van der Waals surface area contributed by atoms with E-state index in [1.165, 1.54) is 0 Å². The zero-order valence-corrected chi connectivity index (χ0v) is 10.7. The van der Waals surface area contributed by atoms with Crippen molar-refractivity contribution in [2.24, 2.45) is 0 Å². The molecular formula is C13H14N2O2S. The first-order valence-electron chi connectivity index (χ1n) is 5.78. The zero-order chi connectivity index (χ0) is 12.8. The Morgan fingerprint density at radius 1 is 1.50 bits per heavy atom. The van der Waals surface area contributed by atoms with Crippen LogP contribution in [0.2, 0.25) is 0 Å². The van der Waals surface area contributed by atoms with Gasteiger partial charge in [-0.05, 0) is 36.4 Å². The summed E-state index contributed by atoms with van der Waals surface area (Å²) in [6, 6.07) is 9.03. The molecule has 1 heterocycles. The summed E-state index contributed by atoms with van der Waals surface area (Å²) in [7, 11) is 0. The predicted molar refractivity (Wildman–Crippen MR) is 70.5 cm³/mol. The molecule has 1 fully saturated rings. The maximum absolute atomic E-state index is 11.6. The van der Waals surface area contributed by atoms with E-state index in [0.29, 0.717) is 11.3 Å². The van der Waals surface area contributed by atoms with Crippen molar-refractivity contribution in [2.75, 3.05) is 18.1 Å². The number of rotatable bonds is 4. The van der Waals surface area contributed by atoms with Crippen molar-refractivity contribution in [3.8, 4) is 11.8 Å². The molecule has 0 bridgehead atoms. The second kappa shape index (κ2) is 6.31. The highest BCUT2D eigenvalue weighted by molar-refractivity contribution is 7.99. The van der Waals surface area contributed by atoms with Crippen LogP contribution < -0.4 is 10.1 Å². The number of benzene rings is 1. The Hall–Kier alpha value is -1.67. The molecule has 0 saturated carbocycles. The lowest BCUT2D eigenvalue weighted by molar-refractivity contribution is -0.123. The van der Waals surface area contributed by atoms with Gasteiger partial charge >= 0.3 is 0 Å². The Labute approximate surface area is 110 Å². The van der Waals surface area contributed by atoms with Gasteiger partial charge < -0.3 is 10.1 Å². The normalized spacial score (nSPS) is 18.1. The maximum atomic E-state index is 11.6. The van der Waals surface area contributed by atoms with E-state index in [1.807, 2.05) is 17.8 Å². The molecule has 0 aromatic heterocycles. The van der Waals surface area contributed by atoms with Crippen LogP contribution in [0.25, 0.3) is 0 Å². The molecule has 2 rings (SSSR count). The molecular weight excluding hydrogens is 248 g/mol. The summed E-state index contributed by atoms with van der Waals surface area (Å²) in [6.07, 6.45) is 1.03. The number of ether oxygens (including phenoxy) is 1. The first-order chi connectivity index (χ1) is 8.78. The number of amides is 1. The maximum Gasteiger partial charge on any atom is 0.258 e. The smallest absolute Gasteiger partial charge is 0.258 e. The molecule has 1 aromatic carbocycles. The van der Waals surface area contributed by atoms with E-state index in [0.717, 1.165) is 17.9 Å². The highest BCUT2D eigenvalue weighted by Gasteiger charge is 2.17. The third-order valence-corrected chi connectivity index (χ3v) is 3.81. The molecule has 4 nitrogen and oxygen atoms in total. The SMILES string of the molecule is N#Cc1ccc(OCC(=O)NC2CCSC2)cc1. The lowest BCUT2D eigenvalue weighted by Gasteiger charge is -2.11. The summed E-state index contributed by atoms with van der Waals surface area (Å²) in [5.41, 5.74) is 0.579. The fourth-order valence-electron chi connectivity index (χ4n) is 1.69. The van der Waals surface area contributed by atoms with Gasteiger partial charge in [0.2, 0.25) is 0 Å². The standard InChI is InChI=1S/C13H14N2O2S/c14-7-10-1-3-12(4-2-10)17-8-13(16)15-11-5-6-18-9-11/h1-4,11H,5-6,8-9H2,(H,15,16). The molecule has 1 N–H and O–H groups in total. The topological polar surface area (TPSA) is 62.1 Å². The van der Waals surface area contributed by atoms with E-state index >= 15 is 0 Å². The Morgan fingerprint density at radius 3 is 2.89 bits per heavy atom. The van der Waals surface area contributed by atoms with Crippen molar-refractivity contribution in [1.29, 1.82) is 5.26 Å². The summed E-state index contributed by atoms with van der Waals surface area (Å²) in [5.74, 6) is 2.61. The molecule has 0 spiro atoms. The van der Waals surface area contributed by atoms with Gasteiger partial charge in [-0.15, -0.1) is 0 Å². The second-order valence-electron chi connectivity index (χ2n) is 4.05. The minimum atomic E-state index is -0.0909. The van der Waals surface area contributed by atoms with Crippen LogP contribution in [0.3, 0.4) is 0 Å². The molecule has 1 aromatic rings. The fourth-order valence-corrected chi connectivity index (χ4v) is 2.84. The van der Waals surface area contributed by atoms with Gasteiger partial charge in [0, 0.05) is 11.8 Å². The molecule has 1 unspecified atom stereocenters. The van der Waals surface area contributed by atoms with Crippen LogP contribution in [-0.2, 0) is 4.79 Å². The zero-order valence-electron chi connectivity index (χ0n) is 9.89. The molecule has 1 amide bonds. The number of carbonyl (C=O) groups excluding carboxylic acids is 1. The van der Waals surface area contributed by atoms with Crippen molar-refractivity contribution in [2.45, 2.75) is 12.5 Å². The molecule has 94 valence electrons. The van der Waals surface area contributed by atoms with Crippen molar-refractivity contribution in [3.63, 3.8) is 0 Å². The van der Waals surface area contributed by atoms with Gasteiger partial charge in [-0.3, -0.25) is 4.79 Å². The summed E-state index contributed by atoms with van der Waals surface area (Å²) in [4.78, 5) is 11.6. The van der Waals surface area contributed by atoms with E-state index in [1.54, 1.807) is 24.3 Å². The summed E-state index contributed by atoms with van der Waals surface area (Å²) in [5, 5.41) is 11.6. The van der Waals surface area contributed by atoms with Gasteiger partial charge in [0.25, 0.3) is 5.91 Å². The van der Waals surface area contributed by atoms with Gasteiger partial charge in [-0.25, -0.2) is 0 Å². The van der Waals surface area contributed by atoms with Crippen LogP contribution >= 0.6 is 11.8 Å². The molecule has 1 aliphatic rings. The van der Waals surface area contributed by atoms with Gasteiger partial charge in [0.05, 0.1) is 11.6 Å². The average Bonchev–Trinajstić information content (AvgIpc) is 2.90. The Bertz CT molecular complexity index is 447. The van der Waals surface area contributed by atoms with E-state index in [-0.39, 0.29) is 18.6 Å². The van der Waals surface area contributed by atoms with Crippen molar-refractivity contribution >= 4 is 17.7 Å². The van der Waals surface area contributed by atoms with E-state index in [4.69, 9.17) is 10.00 Å². The molecule has 5 heteroatoms. The molecule has 0 radical (unpaired) electrons. The summed E-state index contributed by atoms with van der Waals surface area (Å²) in [6.45, 7) is 0.0209. The van der Waals surface area contributed by atoms with E-state index in [9.17, 15) is 4.79 Å². The first kappa shape index (κ1) is 12.8. The van der Waals surface area contributed by atoms with Crippen LogP contribution in [-0.4, -0.2) is 30.1 Å². The minimum absolute atomic E-state index is 0.0209. The lowest BCUT2D eigenvalue weighted by atomic mass is 10.2. The first-order valence-corrected chi connectivity index (χ1v) is 6.93. The van der Waals surface area contributed by atoms with Crippen LogP contribution in [0.5, 0.6) is 5.75 Å². The second-order valence-corrected chi connectivity index (χ2v) is 5.20. The van der Waals surface area contributed by atoms with Gasteiger partial charge in [0.15, 0.2) is 6.61 Å². The number of hydrogen-bond donors (Lipinski definition) is 1. The Morgan fingerprint density at radius 2 is 2.28 bits per heavy atom. The molecule has 1 atom stereocenters. The third-order valence-electron chi connectivity index (χ3n) is 2.65. The quantitative estimate of drug-likeness (QED) is 0.894. The number of carbonyl (C=O) groups is 1. The largest absolute Gasteiger partial charge is 0.484 e. The van der Waals surface area contributed by atoms with Gasteiger partial charge in [-0.2, -0.15) is 17.0 Å². The fraction of sp³-hybridized carbons (Fsp3) is 0.385. The minimum Gasteiger partial charge on any atom is -0.484 e. The predicted octanol–water partition coefficient (Wildman–Crippen LogP) is 1.56. The van der Waals surface area contributed by atoms with E-state index in [2.05, 4.69) is 5.32 Å². The number of hydrogen-bond acceptors (Lipinski definition) is 4. The van der Waals surface area contributed by atoms with Crippen LogP contribution in [0.4, 0.5) is 0 Å². The van der Waals surface area contributed by atoms with Crippen molar-refractivity contribution in [3.05, 3.63) is 29.8 Å². The molecule has 1 saturated heterocycles. The Balaban J connectivity index is 1.76. The van der Waals surface area contributed by atoms with Crippen LogP contribution in [0.1, 0.15) is 12.0 Å². The summed E-state index contributed by atoms with van der Waals surface area (Å²) >= 11 is 1.86. The average molecular weight is 262 g/mol. The monoisotopic (exact) mass is 262 g/mol. The number of nitriles is 1. The van der Waals surface area contributed by atoms with Crippen molar-refractivity contribution in [1.82, 2.24) is 5.32 Å². The third kappa shape index (κ3) is 3.67. The van der Waals surface area contributed by atoms with Crippen LogP contribution in [0, 0.1) is 11.3 Å². The van der Waals surface area contributed by atoms with Gasteiger partial charge in [-0.1, -0.05) is 0 Å². The number of nitrogens with one attached hydrogen (secondary N) is 1. The van der Waals surface area contributed by atoms with Crippen molar-refractivity contribution < 1.29 is 9.53 Å². The molecule has 0 aliphatic carbocycles. The number of nitrogens with zero attached hydrogens (tertiary/aromatic N) is 1. The highest BCUT2D eigenvalue weighted by Crippen LogP contribution is 2.17. The summed E-state index contributed by atoms with van der Waals surface area (Å²) < 4.78 is 5.35. The Kier molecular flexibility index (Phi) is 4.48.